The fourth-order valence-electron chi connectivity index (χ4n) is 5.80. The number of aromatic nitrogens is 1. The third kappa shape index (κ3) is 6.12. The van der Waals surface area contributed by atoms with Gasteiger partial charge in [-0.3, -0.25) is 14.5 Å². The number of hydrogen-bond donors (Lipinski definition) is 1. The van der Waals surface area contributed by atoms with Crippen LogP contribution in [-0.4, -0.2) is 43.8 Å². The molecule has 5 rings (SSSR count). The van der Waals surface area contributed by atoms with Crippen LogP contribution in [0.5, 0.6) is 0 Å². The van der Waals surface area contributed by atoms with E-state index in [0.717, 1.165) is 44.2 Å². The van der Waals surface area contributed by atoms with Crippen LogP contribution in [0.4, 0.5) is 0 Å². The zero-order chi connectivity index (χ0) is 29.1. The second-order valence-corrected chi connectivity index (χ2v) is 12.0. The van der Waals surface area contributed by atoms with E-state index in [2.05, 4.69) is 9.71 Å². The van der Waals surface area contributed by atoms with Crippen LogP contribution < -0.4 is 4.72 Å². The smallest absolute Gasteiger partial charge is 0.239 e. The quantitative estimate of drug-likeness (QED) is 0.368. The highest BCUT2D eigenvalue weighted by molar-refractivity contribution is 7.89. The van der Waals surface area contributed by atoms with Gasteiger partial charge < -0.3 is 19.7 Å². The first-order valence-corrected chi connectivity index (χ1v) is 15.4. The molecule has 0 radical (unpaired) electrons. The Labute approximate surface area is 240 Å². The van der Waals surface area contributed by atoms with Gasteiger partial charge in [0.15, 0.2) is 0 Å². The average Bonchev–Trinajstić information content (AvgIpc) is 3.20. The fraction of sp³-hybridized carbons (Fsp3) is 0.355. The summed E-state index contributed by atoms with van der Waals surface area (Å²) in [6.07, 6.45) is 1.16. The van der Waals surface area contributed by atoms with Crippen LogP contribution in [0.1, 0.15) is 65.9 Å². The topological polar surface area (TPSA) is 121 Å². The van der Waals surface area contributed by atoms with Crippen molar-refractivity contribution in [2.24, 2.45) is 0 Å². The molecule has 0 saturated heterocycles. The highest BCUT2D eigenvalue weighted by atomic mass is 32.2. The van der Waals surface area contributed by atoms with Gasteiger partial charge in [0.1, 0.15) is 6.23 Å². The molecule has 1 aliphatic heterocycles. The van der Waals surface area contributed by atoms with Crippen molar-refractivity contribution in [3.05, 3.63) is 111 Å². The highest BCUT2D eigenvalue weighted by Crippen LogP contribution is 2.52. The van der Waals surface area contributed by atoms with Crippen molar-refractivity contribution in [2.75, 3.05) is 13.2 Å². The van der Waals surface area contributed by atoms with Crippen molar-refractivity contribution in [1.82, 2.24) is 14.8 Å². The predicted octanol–water partition coefficient (Wildman–Crippen LogP) is 4.73. The Bertz CT molecular complexity index is 1560. The van der Waals surface area contributed by atoms with Crippen molar-refractivity contribution >= 4 is 21.5 Å². The normalized spacial score (nSPS) is 20.5. The maximum Gasteiger partial charge on any atom is 0.239 e. The molecule has 0 spiro atoms. The van der Waals surface area contributed by atoms with Gasteiger partial charge in [0.25, 0.3) is 0 Å². The molecule has 0 bridgehead atoms. The summed E-state index contributed by atoms with van der Waals surface area (Å²) in [4.78, 5) is 17.0. The van der Waals surface area contributed by atoms with Crippen molar-refractivity contribution in [3.63, 3.8) is 0 Å². The van der Waals surface area contributed by atoms with Crippen LogP contribution in [0.3, 0.4) is 0 Å². The lowest BCUT2D eigenvalue weighted by Crippen LogP contribution is -2.33. The van der Waals surface area contributed by atoms with E-state index in [1.165, 1.54) is 0 Å². The molecule has 0 fully saturated rings. The molecule has 10 heteroatoms. The van der Waals surface area contributed by atoms with Crippen LogP contribution >= 0.6 is 0 Å². The molecule has 216 valence electrons. The number of ether oxygens (including phenoxy) is 2. The molecule has 2 aromatic carbocycles. The van der Waals surface area contributed by atoms with Gasteiger partial charge in [-0.1, -0.05) is 54.6 Å². The maximum absolute atomic E-state index is 13.8. The number of aryl methyl sites for hydroxylation is 1. The molecule has 9 nitrogen and oxygen atoms in total. The molecule has 3 aromatic rings. The van der Waals surface area contributed by atoms with E-state index >= 15 is 0 Å². The summed E-state index contributed by atoms with van der Waals surface area (Å²) in [7, 11) is -3.92. The van der Waals surface area contributed by atoms with Gasteiger partial charge in [0.05, 0.1) is 24.0 Å². The number of hydrogen-bond acceptors (Lipinski definition) is 8. The summed E-state index contributed by atoms with van der Waals surface area (Å²) < 4.78 is 39.8. The van der Waals surface area contributed by atoms with Crippen LogP contribution in [0.15, 0.2) is 72.4 Å². The number of pyridine rings is 1. The molecule has 2 aliphatic rings. The van der Waals surface area contributed by atoms with Gasteiger partial charge in [-0.2, -0.15) is 0 Å². The van der Waals surface area contributed by atoms with Gasteiger partial charge in [-0.25, -0.2) is 8.42 Å². The van der Waals surface area contributed by atoms with Gasteiger partial charge in [0, 0.05) is 43.0 Å². The fourth-order valence-corrected chi connectivity index (χ4v) is 6.90. The van der Waals surface area contributed by atoms with E-state index in [-0.39, 0.29) is 18.3 Å². The Morgan fingerprint density at radius 1 is 1.02 bits per heavy atom. The minimum Gasteiger partial charge on any atom is -0.782 e. The van der Waals surface area contributed by atoms with Crippen LogP contribution in [-0.2, 0) is 36.5 Å². The standard InChI is InChI=1S/C31H34N3O6S/c1-4-39-26-18-25-28(29-24(26)12-9-15-32-29)31(40-5-2)34(36)30(25)23-14-13-22(16-20(23)3)19-41(37,38)33-27(35)17-21-10-7-6-8-11-21/h6-16,26,30-31H,4-5,17-19H2,1-3H3,(H,33,35)/q-1. The van der Waals surface area contributed by atoms with Gasteiger partial charge in [-0.05, 0) is 54.7 Å². The molecule has 2 heterocycles. The molecule has 3 atom stereocenters. The van der Waals surface area contributed by atoms with Crippen LogP contribution in [0.25, 0.3) is 5.57 Å². The first-order valence-electron chi connectivity index (χ1n) is 13.8. The molecule has 1 aromatic heterocycles. The predicted molar refractivity (Wildman–Crippen MR) is 156 cm³/mol. The van der Waals surface area contributed by atoms with E-state index in [9.17, 15) is 18.4 Å². The molecule has 1 N–H and O–H groups in total. The Morgan fingerprint density at radius 2 is 1.78 bits per heavy atom. The lowest BCUT2D eigenvalue weighted by atomic mass is 9.83. The summed E-state index contributed by atoms with van der Waals surface area (Å²) in [6.45, 7) is 6.53. The van der Waals surface area contributed by atoms with Crippen molar-refractivity contribution in [2.45, 2.75) is 57.7 Å². The Morgan fingerprint density at radius 3 is 2.49 bits per heavy atom. The second kappa shape index (κ2) is 12.2. The Kier molecular flexibility index (Phi) is 8.67. The van der Waals surface area contributed by atoms with Gasteiger partial charge >= 0.3 is 0 Å². The number of hydroxylamine groups is 2. The molecule has 1 amide bonds. The molecule has 41 heavy (non-hydrogen) atoms. The second-order valence-electron chi connectivity index (χ2n) is 10.2. The summed E-state index contributed by atoms with van der Waals surface area (Å²) in [5.41, 5.74) is 6.12. The van der Waals surface area contributed by atoms with Gasteiger partial charge in [0.2, 0.25) is 15.9 Å². The maximum atomic E-state index is 13.8. The monoisotopic (exact) mass is 576 g/mol. The third-order valence-electron chi connectivity index (χ3n) is 7.41. The third-order valence-corrected chi connectivity index (χ3v) is 8.66. The minimum absolute atomic E-state index is 0.0295. The summed E-state index contributed by atoms with van der Waals surface area (Å²) in [5.74, 6) is -0.950. The minimum atomic E-state index is -3.92. The first-order chi connectivity index (χ1) is 19.7. The summed E-state index contributed by atoms with van der Waals surface area (Å²) >= 11 is 0. The zero-order valence-electron chi connectivity index (χ0n) is 23.4. The number of nitrogens with one attached hydrogen (secondary N) is 1. The van der Waals surface area contributed by atoms with Crippen LogP contribution in [0.2, 0.25) is 0 Å². The number of fused-ring (bicyclic) bond motifs is 2. The number of rotatable bonds is 10. The number of nitrogens with zero attached hydrogens (tertiary/aromatic N) is 2. The van der Waals surface area contributed by atoms with Crippen molar-refractivity contribution in [3.8, 4) is 0 Å². The van der Waals surface area contributed by atoms with Gasteiger partial charge in [-0.15, -0.1) is 0 Å². The number of carbonyl (C=O) groups excluding carboxylic acids is 1. The highest BCUT2D eigenvalue weighted by Gasteiger charge is 2.43. The van der Waals surface area contributed by atoms with Crippen LogP contribution in [0, 0.1) is 12.1 Å². The van der Waals surface area contributed by atoms with E-state index in [1.54, 1.807) is 48.7 Å². The molecule has 3 unspecified atom stereocenters. The van der Waals surface area contributed by atoms with E-state index in [4.69, 9.17) is 9.47 Å². The first kappa shape index (κ1) is 29.1. The molecular formula is C31H34N3O6S-. The number of sulfonamides is 1. The zero-order valence-corrected chi connectivity index (χ0v) is 24.2. The number of benzene rings is 2. The Hall–Kier alpha value is -3.41. The lowest BCUT2D eigenvalue weighted by Gasteiger charge is -2.38. The molecule has 0 saturated carbocycles. The number of carbonyl (C=O) groups is 1. The van der Waals surface area contributed by atoms with E-state index in [1.807, 2.05) is 39.0 Å². The van der Waals surface area contributed by atoms with E-state index in [0.29, 0.717) is 25.2 Å². The lowest BCUT2D eigenvalue weighted by molar-refractivity contribution is -0.118. The Balaban J connectivity index is 1.41. The largest absolute Gasteiger partial charge is 0.782 e. The summed E-state index contributed by atoms with van der Waals surface area (Å²) in [5, 5.41) is 14.8. The van der Waals surface area contributed by atoms with Crippen molar-refractivity contribution in [1.29, 1.82) is 0 Å². The van der Waals surface area contributed by atoms with E-state index < -0.39 is 28.2 Å². The number of amides is 1. The molecule has 1 aliphatic carbocycles. The summed E-state index contributed by atoms with van der Waals surface area (Å²) in [6, 6.07) is 17.4. The SMILES string of the molecule is CCOC1CC2=C(c3ncccc31)C(OCC)N([O-])C2c1ccc(CS(=O)(=O)NC(=O)Cc2ccccc2)cc1C. The average molecular weight is 577 g/mol. The van der Waals surface area contributed by atoms with Crippen molar-refractivity contribution < 1.29 is 22.7 Å². The molecular weight excluding hydrogens is 542 g/mol.